The van der Waals surface area contributed by atoms with Gasteiger partial charge in [-0.05, 0) is 34.4 Å². The van der Waals surface area contributed by atoms with Crippen LogP contribution in [0.4, 0.5) is 0 Å². The minimum Gasteiger partial charge on any atom is -0.467 e. The second kappa shape index (κ2) is 4.26. The molecule has 0 aliphatic heterocycles. The maximum absolute atomic E-state index is 12.2. The monoisotopic (exact) mass is 292 g/mol. The highest BCUT2D eigenvalue weighted by molar-refractivity contribution is 6.39. The van der Waals surface area contributed by atoms with Crippen LogP contribution in [0.1, 0.15) is 11.1 Å². The van der Waals surface area contributed by atoms with Crippen molar-refractivity contribution >= 4 is 29.2 Å². The third kappa shape index (κ3) is 1.60. The summed E-state index contributed by atoms with van der Waals surface area (Å²) < 4.78 is 4.88. The number of methoxy groups -OCH3 is 1. The second-order valence-electron chi connectivity index (χ2n) is 4.39. The lowest BCUT2D eigenvalue weighted by molar-refractivity contribution is -0.142. The summed E-state index contributed by atoms with van der Waals surface area (Å²) in [6.45, 7) is 0. The SMILES string of the molecule is COC(=O)C1(Cl)c2ccccc2-c2ccc(Cl)cc21. The number of hydrogen-bond donors (Lipinski definition) is 0. The van der Waals surface area contributed by atoms with Gasteiger partial charge in [0, 0.05) is 5.02 Å². The molecular weight excluding hydrogens is 283 g/mol. The van der Waals surface area contributed by atoms with Crippen molar-refractivity contribution in [3.8, 4) is 11.1 Å². The molecule has 1 aliphatic carbocycles. The predicted molar refractivity (Wildman–Crippen MR) is 75.5 cm³/mol. The van der Waals surface area contributed by atoms with Crippen molar-refractivity contribution in [2.45, 2.75) is 4.87 Å². The molecule has 2 aromatic rings. The number of carbonyl (C=O) groups is 1. The van der Waals surface area contributed by atoms with Gasteiger partial charge in [-0.2, -0.15) is 0 Å². The number of halogens is 2. The molecule has 19 heavy (non-hydrogen) atoms. The molecule has 4 heteroatoms. The summed E-state index contributed by atoms with van der Waals surface area (Å²) in [6, 6.07) is 12.9. The van der Waals surface area contributed by atoms with Gasteiger partial charge in [0.1, 0.15) is 0 Å². The summed E-state index contributed by atoms with van der Waals surface area (Å²) in [4.78, 5) is 10.9. The topological polar surface area (TPSA) is 26.3 Å². The molecule has 1 aliphatic rings. The maximum Gasteiger partial charge on any atom is 0.336 e. The molecule has 2 nitrogen and oxygen atoms in total. The fourth-order valence-electron chi connectivity index (χ4n) is 2.56. The number of benzene rings is 2. The Bertz CT molecular complexity index is 682. The fraction of sp³-hybridized carbons (Fsp3) is 0.133. The number of hydrogen-bond acceptors (Lipinski definition) is 2. The Morgan fingerprint density at radius 3 is 2.53 bits per heavy atom. The summed E-state index contributed by atoms with van der Waals surface area (Å²) >= 11 is 12.7. The smallest absolute Gasteiger partial charge is 0.336 e. The van der Waals surface area contributed by atoms with E-state index in [4.69, 9.17) is 27.9 Å². The van der Waals surface area contributed by atoms with Gasteiger partial charge in [0.15, 0.2) is 4.87 Å². The Balaban J connectivity index is 2.38. The Morgan fingerprint density at radius 1 is 1.11 bits per heavy atom. The van der Waals surface area contributed by atoms with E-state index < -0.39 is 10.8 Å². The molecule has 3 rings (SSSR count). The molecule has 1 unspecified atom stereocenters. The zero-order chi connectivity index (χ0) is 13.6. The normalized spacial score (nSPS) is 19.7. The first kappa shape index (κ1) is 12.5. The van der Waals surface area contributed by atoms with E-state index in [0.29, 0.717) is 10.6 Å². The van der Waals surface area contributed by atoms with Gasteiger partial charge < -0.3 is 4.74 Å². The van der Waals surface area contributed by atoms with Gasteiger partial charge in [0.05, 0.1) is 7.11 Å². The number of rotatable bonds is 1. The number of carbonyl (C=O) groups excluding carboxylic acids is 1. The molecule has 96 valence electrons. The van der Waals surface area contributed by atoms with E-state index in [0.717, 1.165) is 16.7 Å². The quantitative estimate of drug-likeness (QED) is 0.587. The van der Waals surface area contributed by atoms with E-state index in [-0.39, 0.29) is 0 Å². The van der Waals surface area contributed by atoms with Crippen molar-refractivity contribution in [1.82, 2.24) is 0 Å². The highest BCUT2D eigenvalue weighted by Crippen LogP contribution is 2.52. The Morgan fingerprint density at radius 2 is 1.79 bits per heavy atom. The highest BCUT2D eigenvalue weighted by atomic mass is 35.5. The summed E-state index contributed by atoms with van der Waals surface area (Å²) in [7, 11) is 1.33. The number of alkyl halides is 1. The van der Waals surface area contributed by atoms with Crippen molar-refractivity contribution in [3.63, 3.8) is 0 Å². The van der Waals surface area contributed by atoms with E-state index in [9.17, 15) is 4.79 Å². The summed E-state index contributed by atoms with van der Waals surface area (Å²) in [5, 5.41) is 0.542. The first-order chi connectivity index (χ1) is 9.09. The van der Waals surface area contributed by atoms with Crippen LogP contribution in [0.3, 0.4) is 0 Å². The van der Waals surface area contributed by atoms with Crippen molar-refractivity contribution in [1.29, 1.82) is 0 Å². The molecule has 2 aromatic carbocycles. The molecule has 0 heterocycles. The van der Waals surface area contributed by atoms with Gasteiger partial charge in [-0.3, -0.25) is 0 Å². The summed E-state index contributed by atoms with van der Waals surface area (Å²) in [6.07, 6.45) is 0. The van der Waals surface area contributed by atoms with Crippen LogP contribution in [-0.2, 0) is 14.4 Å². The molecule has 0 saturated heterocycles. The van der Waals surface area contributed by atoms with Crippen molar-refractivity contribution in [2.75, 3.05) is 7.11 Å². The third-order valence-corrected chi connectivity index (χ3v) is 4.20. The number of fused-ring (bicyclic) bond motifs is 3. The largest absolute Gasteiger partial charge is 0.467 e. The molecule has 0 radical (unpaired) electrons. The first-order valence-corrected chi connectivity index (χ1v) is 6.52. The van der Waals surface area contributed by atoms with Crippen LogP contribution >= 0.6 is 23.2 Å². The summed E-state index contributed by atoms with van der Waals surface area (Å²) in [5.74, 6) is -0.498. The molecule has 0 aromatic heterocycles. The molecule has 1 atom stereocenters. The van der Waals surface area contributed by atoms with Crippen molar-refractivity contribution in [2.24, 2.45) is 0 Å². The predicted octanol–water partition coefficient (Wildman–Crippen LogP) is 3.98. The fourth-order valence-corrected chi connectivity index (χ4v) is 3.13. The maximum atomic E-state index is 12.2. The lowest BCUT2D eigenvalue weighted by Gasteiger charge is -2.21. The second-order valence-corrected chi connectivity index (χ2v) is 5.39. The Kier molecular flexibility index (Phi) is 2.80. The molecule has 0 bridgehead atoms. The van der Waals surface area contributed by atoms with Crippen LogP contribution in [0.2, 0.25) is 5.02 Å². The lowest BCUT2D eigenvalue weighted by atomic mass is 9.96. The van der Waals surface area contributed by atoms with Crippen LogP contribution in [0.5, 0.6) is 0 Å². The first-order valence-electron chi connectivity index (χ1n) is 5.76. The van der Waals surface area contributed by atoms with Gasteiger partial charge >= 0.3 is 5.97 Å². The molecular formula is C15H10Cl2O2. The van der Waals surface area contributed by atoms with E-state index in [1.54, 1.807) is 12.1 Å². The standard InChI is InChI=1S/C15H10Cl2O2/c1-19-14(18)15(17)12-5-3-2-4-10(12)11-7-6-9(16)8-13(11)15/h2-8H,1H3. The van der Waals surface area contributed by atoms with E-state index in [1.807, 2.05) is 30.3 Å². The van der Waals surface area contributed by atoms with Crippen molar-refractivity contribution in [3.05, 3.63) is 58.6 Å². The van der Waals surface area contributed by atoms with Gasteiger partial charge in [-0.25, -0.2) is 4.79 Å². The summed E-state index contributed by atoms with van der Waals surface area (Å²) in [5.41, 5.74) is 3.27. The van der Waals surface area contributed by atoms with E-state index in [1.165, 1.54) is 7.11 Å². The zero-order valence-electron chi connectivity index (χ0n) is 10.1. The van der Waals surface area contributed by atoms with E-state index >= 15 is 0 Å². The minimum absolute atomic E-state index is 0.498. The zero-order valence-corrected chi connectivity index (χ0v) is 11.6. The van der Waals surface area contributed by atoms with Crippen LogP contribution in [0, 0.1) is 0 Å². The lowest BCUT2D eigenvalue weighted by Crippen LogP contribution is -2.30. The van der Waals surface area contributed by atoms with Crippen molar-refractivity contribution < 1.29 is 9.53 Å². The van der Waals surface area contributed by atoms with E-state index in [2.05, 4.69) is 0 Å². The Labute approximate surface area is 120 Å². The van der Waals surface area contributed by atoms with Gasteiger partial charge in [-0.1, -0.05) is 53.5 Å². The molecule has 0 fully saturated rings. The minimum atomic E-state index is -1.31. The average Bonchev–Trinajstić information content (AvgIpc) is 2.69. The van der Waals surface area contributed by atoms with Gasteiger partial charge in [0.2, 0.25) is 0 Å². The number of esters is 1. The van der Waals surface area contributed by atoms with Gasteiger partial charge in [-0.15, -0.1) is 0 Å². The van der Waals surface area contributed by atoms with Crippen LogP contribution in [0.15, 0.2) is 42.5 Å². The molecule has 0 spiro atoms. The number of ether oxygens (including phenoxy) is 1. The van der Waals surface area contributed by atoms with Gasteiger partial charge in [0.25, 0.3) is 0 Å². The van der Waals surface area contributed by atoms with Crippen LogP contribution < -0.4 is 0 Å². The van der Waals surface area contributed by atoms with Crippen LogP contribution in [0.25, 0.3) is 11.1 Å². The highest BCUT2D eigenvalue weighted by Gasteiger charge is 2.49. The van der Waals surface area contributed by atoms with Crippen LogP contribution in [-0.4, -0.2) is 13.1 Å². The molecule has 0 amide bonds. The molecule has 0 saturated carbocycles. The average molecular weight is 293 g/mol. The Hall–Kier alpha value is -1.51. The third-order valence-electron chi connectivity index (χ3n) is 3.41. The molecule has 0 N–H and O–H groups in total.